The van der Waals surface area contributed by atoms with E-state index in [-0.39, 0.29) is 5.82 Å². The summed E-state index contributed by atoms with van der Waals surface area (Å²) >= 11 is 0. The van der Waals surface area contributed by atoms with Crippen molar-refractivity contribution in [2.75, 3.05) is 19.1 Å². The molecule has 1 N–H and O–H groups in total. The molecule has 0 spiro atoms. The van der Waals surface area contributed by atoms with Gasteiger partial charge in [-0.2, -0.15) is 0 Å². The number of hydrogen-bond acceptors (Lipinski definition) is 3. The van der Waals surface area contributed by atoms with Gasteiger partial charge in [0, 0.05) is 24.8 Å². The third kappa shape index (κ3) is 3.52. The number of halogens is 1. The molecule has 0 bridgehead atoms. The standard InChI is InChI=1S/C17H20FNO2/c1-12(20)17-15(18)5-4-6-16(17)19(2)11-13-7-9-14(21-3)10-8-13/h4-10,12,20H,11H2,1-3H3/t12-/m1/s1. The highest BCUT2D eigenvalue weighted by atomic mass is 19.1. The number of benzene rings is 2. The van der Waals surface area contributed by atoms with E-state index in [0.717, 1.165) is 11.3 Å². The van der Waals surface area contributed by atoms with Gasteiger partial charge in [-0.15, -0.1) is 0 Å². The molecule has 0 aliphatic rings. The molecule has 21 heavy (non-hydrogen) atoms. The van der Waals surface area contributed by atoms with Crippen LogP contribution in [-0.2, 0) is 6.54 Å². The van der Waals surface area contributed by atoms with E-state index in [1.165, 1.54) is 6.07 Å². The van der Waals surface area contributed by atoms with Crippen molar-refractivity contribution in [2.24, 2.45) is 0 Å². The Labute approximate surface area is 124 Å². The van der Waals surface area contributed by atoms with Gasteiger partial charge in [-0.05, 0) is 36.8 Å². The minimum atomic E-state index is -0.848. The maximum Gasteiger partial charge on any atom is 0.131 e. The highest BCUT2D eigenvalue weighted by Crippen LogP contribution is 2.29. The van der Waals surface area contributed by atoms with Crippen molar-refractivity contribution in [3.63, 3.8) is 0 Å². The van der Waals surface area contributed by atoms with Gasteiger partial charge in [0.05, 0.1) is 13.2 Å². The molecule has 0 unspecified atom stereocenters. The van der Waals surface area contributed by atoms with Crippen LogP contribution in [0.3, 0.4) is 0 Å². The molecule has 4 heteroatoms. The van der Waals surface area contributed by atoms with E-state index in [1.807, 2.05) is 42.3 Å². The highest BCUT2D eigenvalue weighted by Gasteiger charge is 2.16. The fourth-order valence-corrected chi connectivity index (χ4v) is 2.36. The van der Waals surface area contributed by atoms with Crippen LogP contribution < -0.4 is 9.64 Å². The predicted molar refractivity (Wildman–Crippen MR) is 82.1 cm³/mol. The summed E-state index contributed by atoms with van der Waals surface area (Å²) in [6.45, 7) is 2.19. The molecule has 112 valence electrons. The number of methoxy groups -OCH3 is 1. The summed E-state index contributed by atoms with van der Waals surface area (Å²) in [5, 5.41) is 9.79. The lowest BCUT2D eigenvalue weighted by Crippen LogP contribution is -2.19. The van der Waals surface area contributed by atoms with Crippen LogP contribution in [0.4, 0.5) is 10.1 Å². The van der Waals surface area contributed by atoms with Crippen LogP contribution in [0.15, 0.2) is 42.5 Å². The molecule has 0 radical (unpaired) electrons. The number of hydrogen-bond donors (Lipinski definition) is 1. The van der Waals surface area contributed by atoms with E-state index in [4.69, 9.17) is 4.74 Å². The molecular weight excluding hydrogens is 269 g/mol. The molecule has 3 nitrogen and oxygen atoms in total. The molecule has 0 saturated carbocycles. The van der Waals surface area contributed by atoms with Crippen molar-refractivity contribution in [2.45, 2.75) is 19.6 Å². The molecule has 0 fully saturated rings. The second kappa shape index (κ2) is 6.59. The van der Waals surface area contributed by atoms with Gasteiger partial charge in [-0.25, -0.2) is 4.39 Å². The van der Waals surface area contributed by atoms with Crippen molar-refractivity contribution >= 4 is 5.69 Å². The fraction of sp³-hybridized carbons (Fsp3) is 0.294. The van der Waals surface area contributed by atoms with Crippen molar-refractivity contribution in [3.05, 3.63) is 59.4 Å². The number of nitrogens with zero attached hydrogens (tertiary/aromatic N) is 1. The van der Waals surface area contributed by atoms with Gasteiger partial charge in [0.15, 0.2) is 0 Å². The van der Waals surface area contributed by atoms with Crippen LogP contribution in [0.1, 0.15) is 24.2 Å². The topological polar surface area (TPSA) is 32.7 Å². The largest absolute Gasteiger partial charge is 0.497 e. The maximum atomic E-state index is 13.9. The van der Waals surface area contributed by atoms with Gasteiger partial charge < -0.3 is 14.7 Å². The van der Waals surface area contributed by atoms with Crippen molar-refractivity contribution in [1.29, 1.82) is 0 Å². The first kappa shape index (κ1) is 15.3. The molecule has 2 aromatic carbocycles. The first-order valence-electron chi connectivity index (χ1n) is 6.83. The zero-order chi connectivity index (χ0) is 15.4. The second-order valence-corrected chi connectivity index (χ2v) is 5.05. The van der Waals surface area contributed by atoms with Crippen LogP contribution >= 0.6 is 0 Å². The fourth-order valence-electron chi connectivity index (χ4n) is 2.36. The van der Waals surface area contributed by atoms with E-state index < -0.39 is 6.10 Å². The Morgan fingerprint density at radius 3 is 2.43 bits per heavy atom. The Kier molecular flexibility index (Phi) is 4.81. The molecule has 2 aromatic rings. The normalized spacial score (nSPS) is 12.0. The summed E-state index contributed by atoms with van der Waals surface area (Å²) in [7, 11) is 3.51. The lowest BCUT2D eigenvalue weighted by molar-refractivity contribution is 0.194. The monoisotopic (exact) mass is 289 g/mol. The summed E-state index contributed by atoms with van der Waals surface area (Å²) in [4.78, 5) is 1.92. The van der Waals surface area contributed by atoms with E-state index >= 15 is 0 Å². The van der Waals surface area contributed by atoms with Crippen LogP contribution in [0, 0.1) is 5.82 Å². The van der Waals surface area contributed by atoms with Gasteiger partial charge in [0.25, 0.3) is 0 Å². The molecule has 1 atom stereocenters. The predicted octanol–water partition coefficient (Wildman–Crippen LogP) is 3.52. The van der Waals surface area contributed by atoms with Crippen LogP contribution in [0.2, 0.25) is 0 Å². The minimum absolute atomic E-state index is 0.327. The smallest absolute Gasteiger partial charge is 0.131 e. The Balaban J connectivity index is 2.23. The summed E-state index contributed by atoms with van der Waals surface area (Å²) in [6.07, 6.45) is -0.848. The van der Waals surface area contributed by atoms with E-state index in [1.54, 1.807) is 20.1 Å². The van der Waals surface area contributed by atoms with Crippen LogP contribution in [-0.4, -0.2) is 19.3 Å². The molecule has 0 aliphatic heterocycles. The Bertz CT molecular complexity index is 596. The van der Waals surface area contributed by atoms with Gasteiger partial charge >= 0.3 is 0 Å². The number of anilines is 1. The second-order valence-electron chi connectivity index (χ2n) is 5.05. The van der Waals surface area contributed by atoms with Gasteiger partial charge in [0.1, 0.15) is 11.6 Å². The van der Waals surface area contributed by atoms with Crippen LogP contribution in [0.5, 0.6) is 5.75 Å². The lowest BCUT2D eigenvalue weighted by Gasteiger charge is -2.24. The van der Waals surface area contributed by atoms with Gasteiger partial charge in [-0.1, -0.05) is 18.2 Å². The third-order valence-electron chi connectivity index (χ3n) is 3.44. The Hall–Kier alpha value is -2.07. The molecule has 0 heterocycles. The van der Waals surface area contributed by atoms with E-state index in [9.17, 15) is 9.50 Å². The van der Waals surface area contributed by atoms with Gasteiger partial charge in [-0.3, -0.25) is 0 Å². The summed E-state index contributed by atoms with van der Waals surface area (Å²) in [5.74, 6) is 0.418. The highest BCUT2D eigenvalue weighted by molar-refractivity contribution is 5.55. The lowest BCUT2D eigenvalue weighted by atomic mass is 10.1. The number of aliphatic hydroxyl groups is 1. The Morgan fingerprint density at radius 1 is 1.19 bits per heavy atom. The number of ether oxygens (including phenoxy) is 1. The quantitative estimate of drug-likeness (QED) is 0.914. The first-order valence-corrected chi connectivity index (χ1v) is 6.83. The number of aliphatic hydroxyl groups excluding tert-OH is 1. The summed E-state index contributed by atoms with van der Waals surface area (Å²) in [5.41, 5.74) is 2.11. The molecule has 0 saturated heterocycles. The molecule has 2 rings (SSSR count). The maximum absolute atomic E-state index is 13.9. The van der Waals surface area contributed by atoms with Crippen LogP contribution in [0.25, 0.3) is 0 Å². The van der Waals surface area contributed by atoms with Crippen molar-refractivity contribution < 1.29 is 14.2 Å². The van der Waals surface area contributed by atoms with Crippen molar-refractivity contribution in [1.82, 2.24) is 0 Å². The summed E-state index contributed by atoms with van der Waals surface area (Å²) < 4.78 is 19.0. The molecule has 0 aliphatic carbocycles. The van der Waals surface area contributed by atoms with Gasteiger partial charge in [0.2, 0.25) is 0 Å². The van der Waals surface area contributed by atoms with Crippen molar-refractivity contribution in [3.8, 4) is 5.75 Å². The third-order valence-corrected chi connectivity index (χ3v) is 3.44. The SMILES string of the molecule is COc1ccc(CN(C)c2cccc(F)c2[C@@H](C)O)cc1. The van der Waals surface area contributed by atoms with E-state index in [2.05, 4.69) is 0 Å². The molecule has 0 amide bonds. The van der Waals surface area contributed by atoms with E-state index in [0.29, 0.717) is 17.8 Å². The number of rotatable bonds is 5. The molecule has 0 aromatic heterocycles. The summed E-state index contributed by atoms with van der Waals surface area (Å²) in [6, 6.07) is 12.6. The average molecular weight is 289 g/mol. The zero-order valence-corrected chi connectivity index (χ0v) is 12.5. The average Bonchev–Trinajstić information content (AvgIpc) is 2.47. The zero-order valence-electron chi connectivity index (χ0n) is 12.5. The first-order chi connectivity index (χ1) is 10.0. The minimum Gasteiger partial charge on any atom is -0.497 e. The molecular formula is C17H20FNO2. The Morgan fingerprint density at radius 2 is 1.86 bits per heavy atom.